The number of imidazole rings is 1. The molecule has 3 atom stereocenters. The number of Topliss-reactive ketones (excluding diaryl/α,β-unsaturated/α-hetero) is 1. The van der Waals surface area contributed by atoms with Crippen LogP contribution in [0.15, 0.2) is 80.5 Å². The molecule has 0 saturated heterocycles. The molecule has 38 heavy (non-hydrogen) atoms. The van der Waals surface area contributed by atoms with Crippen molar-refractivity contribution in [2.75, 3.05) is 6.79 Å². The Morgan fingerprint density at radius 2 is 1.89 bits per heavy atom. The third kappa shape index (κ3) is 3.47. The van der Waals surface area contributed by atoms with Crippen molar-refractivity contribution >= 4 is 40.1 Å². The maximum Gasteiger partial charge on any atom is 0.231 e. The minimum atomic E-state index is -0.388. The minimum absolute atomic E-state index is 0.0212. The summed E-state index contributed by atoms with van der Waals surface area (Å²) in [6.07, 6.45) is 2.85. The molecular weight excluding hydrogens is 502 g/mol. The molecule has 2 aromatic carbocycles. The van der Waals surface area contributed by atoms with Crippen molar-refractivity contribution in [2.45, 2.75) is 34.9 Å². The zero-order valence-electron chi connectivity index (χ0n) is 20.0. The van der Waals surface area contributed by atoms with Gasteiger partial charge in [0.25, 0.3) is 0 Å². The highest BCUT2D eigenvalue weighted by molar-refractivity contribution is 7.99. The first-order valence-corrected chi connectivity index (χ1v) is 13.3. The molecule has 3 aromatic heterocycles. The van der Waals surface area contributed by atoms with E-state index in [0.717, 1.165) is 50.3 Å². The molecule has 1 fully saturated rings. The van der Waals surface area contributed by atoms with Crippen LogP contribution in [-0.4, -0.2) is 38.5 Å². The normalized spacial score (nSPS) is 21.8. The zero-order valence-corrected chi connectivity index (χ0v) is 20.8. The maximum absolute atomic E-state index is 13.7. The highest BCUT2D eigenvalue weighted by atomic mass is 32.2. The summed E-state index contributed by atoms with van der Waals surface area (Å²) in [4.78, 5) is 26.5. The van der Waals surface area contributed by atoms with Gasteiger partial charge in [-0.3, -0.25) is 9.89 Å². The van der Waals surface area contributed by atoms with Gasteiger partial charge in [-0.2, -0.15) is 5.10 Å². The van der Waals surface area contributed by atoms with Crippen molar-refractivity contribution in [1.29, 1.82) is 0 Å². The van der Waals surface area contributed by atoms with E-state index in [2.05, 4.69) is 20.2 Å². The van der Waals surface area contributed by atoms with Crippen LogP contribution in [0.25, 0.3) is 11.0 Å². The number of aliphatic imine (C=N–C) groups is 1. The number of furan rings is 1. The lowest BCUT2D eigenvalue weighted by Gasteiger charge is -2.35. The molecule has 0 radical (unpaired) electrons. The van der Waals surface area contributed by atoms with Crippen LogP contribution in [0, 0.1) is 5.92 Å². The van der Waals surface area contributed by atoms with Gasteiger partial charge in [0.05, 0.1) is 29.1 Å². The number of rotatable bonds is 4. The summed E-state index contributed by atoms with van der Waals surface area (Å²) >= 11 is 1.43. The third-order valence-electron chi connectivity index (χ3n) is 7.52. The highest BCUT2D eigenvalue weighted by Crippen LogP contribution is 2.49. The summed E-state index contributed by atoms with van der Waals surface area (Å²) in [7, 11) is 0. The average Bonchev–Trinajstić information content (AvgIpc) is 3.73. The summed E-state index contributed by atoms with van der Waals surface area (Å²) in [5.41, 5.74) is 4.67. The van der Waals surface area contributed by atoms with Gasteiger partial charge in [0.15, 0.2) is 27.6 Å². The molecule has 5 heterocycles. The van der Waals surface area contributed by atoms with Crippen molar-refractivity contribution in [3.63, 3.8) is 0 Å². The molecule has 3 unspecified atom stereocenters. The molecule has 9 nitrogen and oxygen atoms in total. The van der Waals surface area contributed by atoms with E-state index >= 15 is 0 Å². The van der Waals surface area contributed by atoms with Gasteiger partial charge in [-0.15, -0.1) is 0 Å². The van der Waals surface area contributed by atoms with Crippen LogP contribution in [0.1, 0.15) is 41.6 Å². The molecule has 188 valence electrons. The van der Waals surface area contributed by atoms with Crippen LogP contribution in [0.3, 0.4) is 0 Å². The van der Waals surface area contributed by atoms with Crippen molar-refractivity contribution < 1.29 is 18.7 Å². The average molecular weight is 524 g/mol. The van der Waals surface area contributed by atoms with Gasteiger partial charge in [-0.05, 0) is 66.1 Å². The van der Waals surface area contributed by atoms with E-state index in [0.29, 0.717) is 23.8 Å². The summed E-state index contributed by atoms with van der Waals surface area (Å²) in [5, 5.41) is 8.71. The molecule has 3 aliphatic rings. The number of benzene rings is 2. The fourth-order valence-corrected chi connectivity index (χ4v) is 6.55. The van der Waals surface area contributed by atoms with Gasteiger partial charge in [-0.1, -0.05) is 18.2 Å². The number of nitrogens with one attached hydrogen (secondary N) is 2. The van der Waals surface area contributed by atoms with Crippen LogP contribution >= 0.6 is 11.8 Å². The number of nitrogens with zero attached hydrogens (tertiary/aromatic N) is 3. The lowest BCUT2D eigenvalue weighted by atomic mass is 9.68. The number of aromatic amines is 2. The number of para-hydroxylation sites is 2. The first kappa shape index (κ1) is 21.7. The molecule has 1 saturated carbocycles. The molecule has 2 N–H and O–H groups in total. The fraction of sp³-hybridized carbons (Fsp3) is 0.214. The summed E-state index contributed by atoms with van der Waals surface area (Å²) in [6, 6.07) is 17.7. The molecule has 0 spiro atoms. The Morgan fingerprint density at radius 3 is 2.84 bits per heavy atom. The number of ether oxygens (including phenoxy) is 2. The summed E-state index contributed by atoms with van der Waals surface area (Å²) in [5.74, 6) is 2.36. The van der Waals surface area contributed by atoms with Gasteiger partial charge in [0.2, 0.25) is 6.79 Å². The second-order valence-corrected chi connectivity index (χ2v) is 10.7. The Kier molecular flexibility index (Phi) is 4.78. The number of ketones is 1. The first-order valence-electron chi connectivity index (χ1n) is 12.4. The number of hydrogen-bond donors (Lipinski definition) is 2. The van der Waals surface area contributed by atoms with Gasteiger partial charge in [0.1, 0.15) is 11.5 Å². The lowest BCUT2D eigenvalue weighted by Crippen LogP contribution is -2.38. The van der Waals surface area contributed by atoms with Crippen LogP contribution in [-0.2, 0) is 4.79 Å². The molecule has 10 heteroatoms. The molecule has 8 rings (SSSR count). The largest absolute Gasteiger partial charge is 0.454 e. The predicted octanol–water partition coefficient (Wildman–Crippen LogP) is 5.74. The molecule has 1 aliphatic carbocycles. The van der Waals surface area contributed by atoms with E-state index in [-0.39, 0.29) is 30.3 Å². The highest BCUT2D eigenvalue weighted by Gasteiger charge is 2.45. The monoisotopic (exact) mass is 523 g/mol. The molecule has 2 aliphatic heterocycles. The standard InChI is InChI=1S/C28H21N5O4S/c34-20-10-15(14-5-6-21-23(11-14)36-13-35-21)9-19-26(20)25(16-12-29-33-27(16)30-19)22-7-8-24(37-22)38-28-31-17-3-1-2-4-18(17)32-28/h1-8,11-12,15,25-26H,9-10,13H2,(H,29,33)(H,31,32). The second-order valence-electron chi connectivity index (χ2n) is 9.73. The number of carbonyl (C=O) groups excluding carboxylic acids is 1. The number of hydrogen-bond acceptors (Lipinski definition) is 8. The van der Waals surface area contributed by atoms with E-state index < -0.39 is 0 Å². The van der Waals surface area contributed by atoms with E-state index in [9.17, 15) is 4.79 Å². The van der Waals surface area contributed by atoms with Gasteiger partial charge in [-0.25, -0.2) is 9.98 Å². The lowest BCUT2D eigenvalue weighted by molar-refractivity contribution is -0.122. The third-order valence-corrected chi connectivity index (χ3v) is 8.33. The van der Waals surface area contributed by atoms with Crippen molar-refractivity contribution in [1.82, 2.24) is 20.2 Å². The van der Waals surface area contributed by atoms with Crippen LogP contribution in [0.5, 0.6) is 11.5 Å². The summed E-state index contributed by atoms with van der Waals surface area (Å²) < 4.78 is 17.4. The predicted molar refractivity (Wildman–Crippen MR) is 139 cm³/mol. The van der Waals surface area contributed by atoms with Crippen LogP contribution in [0.4, 0.5) is 5.82 Å². The Hall–Kier alpha value is -4.31. The fourth-order valence-electron chi connectivity index (χ4n) is 5.78. The number of aromatic nitrogens is 4. The second kappa shape index (κ2) is 8.35. The summed E-state index contributed by atoms with van der Waals surface area (Å²) in [6.45, 7) is 0.223. The minimum Gasteiger partial charge on any atom is -0.454 e. The first-order chi connectivity index (χ1) is 18.7. The number of carbonyl (C=O) groups is 1. The smallest absolute Gasteiger partial charge is 0.231 e. The van der Waals surface area contributed by atoms with Gasteiger partial charge >= 0.3 is 0 Å². The Labute approximate surface area is 220 Å². The molecule has 0 amide bonds. The molecule has 5 aromatic rings. The number of H-pyrrole nitrogens is 2. The van der Waals surface area contributed by atoms with Gasteiger partial charge in [0, 0.05) is 17.7 Å². The molecular formula is C28H21N5O4S. The van der Waals surface area contributed by atoms with Crippen LogP contribution in [0.2, 0.25) is 0 Å². The van der Waals surface area contributed by atoms with Crippen molar-refractivity contribution in [2.24, 2.45) is 10.9 Å². The van der Waals surface area contributed by atoms with Crippen molar-refractivity contribution in [3.8, 4) is 11.5 Å². The van der Waals surface area contributed by atoms with Gasteiger partial charge < -0.3 is 18.9 Å². The van der Waals surface area contributed by atoms with Crippen LogP contribution < -0.4 is 9.47 Å². The van der Waals surface area contributed by atoms with E-state index in [1.165, 1.54) is 11.8 Å². The van der Waals surface area contributed by atoms with E-state index in [1.54, 1.807) is 6.20 Å². The Bertz CT molecular complexity index is 1720. The van der Waals surface area contributed by atoms with E-state index in [4.69, 9.17) is 18.9 Å². The Morgan fingerprint density at radius 1 is 0.974 bits per heavy atom. The zero-order chi connectivity index (χ0) is 25.2. The quantitative estimate of drug-likeness (QED) is 0.308. The molecule has 0 bridgehead atoms. The Balaban J connectivity index is 1.11. The number of fused-ring (bicyclic) bond motifs is 4. The SMILES string of the molecule is O=C1CC(c2ccc3c(c2)OCO3)CC2=Nc3[nH]ncc3C(c3ccc(Sc4nc5ccccc5[nH]4)o3)C12. The maximum atomic E-state index is 13.7. The van der Waals surface area contributed by atoms with Crippen molar-refractivity contribution in [3.05, 3.63) is 77.7 Å². The van der Waals surface area contributed by atoms with E-state index in [1.807, 2.05) is 54.6 Å². The topological polar surface area (TPSA) is 118 Å².